The highest BCUT2D eigenvalue weighted by atomic mass is 16.5. The zero-order valence-corrected chi connectivity index (χ0v) is 15.7. The largest absolute Gasteiger partial charge is 0.493 e. The van der Waals surface area contributed by atoms with Crippen LogP contribution in [0.2, 0.25) is 0 Å². The van der Waals surface area contributed by atoms with Gasteiger partial charge in [0.1, 0.15) is 5.76 Å². The van der Waals surface area contributed by atoms with Crippen LogP contribution in [0.5, 0.6) is 0 Å². The predicted octanol–water partition coefficient (Wildman–Crippen LogP) is 4.81. The molecule has 136 valence electrons. The summed E-state index contributed by atoms with van der Waals surface area (Å²) in [5, 5.41) is 9.35. The third-order valence-corrected chi connectivity index (χ3v) is 5.43. The van der Waals surface area contributed by atoms with Crippen molar-refractivity contribution in [3.05, 3.63) is 76.9 Å². The lowest BCUT2D eigenvalue weighted by Crippen LogP contribution is -2.34. The molecule has 0 spiro atoms. The Hall–Kier alpha value is -2.83. The average molecular weight is 356 g/mol. The van der Waals surface area contributed by atoms with Gasteiger partial charge in [0.2, 0.25) is 0 Å². The Kier molecular flexibility index (Phi) is 5.09. The second-order valence-electron chi connectivity index (χ2n) is 7.41. The number of nitrogens with zero attached hydrogens (tertiary/aromatic N) is 2. The number of rotatable bonds is 3. The van der Waals surface area contributed by atoms with Crippen LogP contribution in [0, 0.1) is 17.2 Å². The fourth-order valence-corrected chi connectivity index (χ4v) is 4.12. The molecule has 1 heterocycles. The van der Waals surface area contributed by atoms with Crippen LogP contribution in [0.3, 0.4) is 0 Å². The number of hydrogen-bond donors (Lipinski definition) is 0. The van der Waals surface area contributed by atoms with Gasteiger partial charge in [-0.2, -0.15) is 5.26 Å². The Morgan fingerprint density at radius 1 is 1.11 bits per heavy atom. The number of nitriles is 1. The smallest absolute Gasteiger partial charge is 0.127 e. The Balaban J connectivity index is 1.72. The van der Waals surface area contributed by atoms with Crippen molar-refractivity contribution in [2.45, 2.75) is 12.8 Å². The van der Waals surface area contributed by atoms with Crippen LogP contribution in [0.1, 0.15) is 35.1 Å². The molecule has 0 aromatic heterocycles. The summed E-state index contributed by atoms with van der Waals surface area (Å²) in [5.41, 5.74) is 5.22. The van der Waals surface area contributed by atoms with Crippen LogP contribution in [-0.4, -0.2) is 31.6 Å². The topological polar surface area (TPSA) is 36.3 Å². The summed E-state index contributed by atoms with van der Waals surface area (Å²) < 4.78 is 6.38. The zero-order chi connectivity index (χ0) is 18.6. The van der Waals surface area contributed by atoms with E-state index in [-0.39, 0.29) is 0 Å². The minimum atomic E-state index is 0.560. The zero-order valence-electron chi connectivity index (χ0n) is 15.7. The van der Waals surface area contributed by atoms with Crippen molar-refractivity contribution >= 4 is 17.4 Å². The number of hydrogen-bond acceptors (Lipinski definition) is 3. The van der Waals surface area contributed by atoms with E-state index in [2.05, 4.69) is 48.4 Å². The summed E-state index contributed by atoms with van der Waals surface area (Å²) >= 11 is 0. The first kappa shape index (κ1) is 17.6. The molecule has 3 heteroatoms. The van der Waals surface area contributed by atoms with Crippen molar-refractivity contribution in [1.82, 2.24) is 4.90 Å². The summed E-state index contributed by atoms with van der Waals surface area (Å²) in [5.74, 6) is 1.46. The Labute approximate surface area is 161 Å². The van der Waals surface area contributed by atoms with Gasteiger partial charge in [0.15, 0.2) is 0 Å². The van der Waals surface area contributed by atoms with Crippen molar-refractivity contribution < 1.29 is 4.74 Å². The molecule has 1 unspecified atom stereocenters. The molecule has 0 amide bonds. The normalized spacial score (nSPS) is 20.8. The Morgan fingerprint density at radius 2 is 1.85 bits per heavy atom. The van der Waals surface area contributed by atoms with Crippen LogP contribution in [0.4, 0.5) is 0 Å². The quantitative estimate of drug-likeness (QED) is 0.740. The summed E-state index contributed by atoms with van der Waals surface area (Å²) in [6, 6.07) is 18.6. The number of ether oxygens (including phenoxy) is 1. The maximum atomic E-state index is 9.35. The van der Waals surface area contributed by atoms with Gasteiger partial charge in [0.25, 0.3) is 0 Å². The van der Waals surface area contributed by atoms with E-state index in [1.807, 2.05) is 24.3 Å². The van der Waals surface area contributed by atoms with Crippen LogP contribution < -0.4 is 0 Å². The van der Waals surface area contributed by atoms with E-state index in [1.54, 1.807) is 6.08 Å². The van der Waals surface area contributed by atoms with Gasteiger partial charge in [-0.05, 0) is 49.2 Å². The molecule has 1 aliphatic heterocycles. The van der Waals surface area contributed by atoms with E-state index in [4.69, 9.17) is 4.74 Å². The van der Waals surface area contributed by atoms with Gasteiger partial charge in [0.05, 0.1) is 12.7 Å². The van der Waals surface area contributed by atoms with E-state index in [0.29, 0.717) is 5.92 Å². The van der Waals surface area contributed by atoms with E-state index in [0.717, 1.165) is 46.7 Å². The molecule has 1 atom stereocenters. The second-order valence-corrected chi connectivity index (χ2v) is 7.41. The van der Waals surface area contributed by atoms with Crippen LogP contribution in [-0.2, 0) is 4.74 Å². The highest BCUT2D eigenvalue weighted by molar-refractivity contribution is 5.96. The molecule has 2 aliphatic rings. The van der Waals surface area contributed by atoms with Gasteiger partial charge in [-0.15, -0.1) is 0 Å². The van der Waals surface area contributed by atoms with Crippen molar-refractivity contribution in [1.29, 1.82) is 5.26 Å². The second kappa shape index (κ2) is 7.82. The first-order valence-corrected chi connectivity index (χ1v) is 9.58. The van der Waals surface area contributed by atoms with Crippen LogP contribution in [0.25, 0.3) is 17.4 Å². The predicted molar refractivity (Wildman–Crippen MR) is 110 cm³/mol. The number of piperidine rings is 1. The van der Waals surface area contributed by atoms with Gasteiger partial charge in [-0.1, -0.05) is 48.5 Å². The molecule has 2 aromatic rings. The first-order valence-electron chi connectivity index (χ1n) is 9.58. The highest BCUT2D eigenvalue weighted by Gasteiger charge is 2.22. The maximum Gasteiger partial charge on any atom is 0.127 e. The number of benzene rings is 2. The van der Waals surface area contributed by atoms with Gasteiger partial charge in [-0.3, -0.25) is 0 Å². The molecule has 0 radical (unpaired) electrons. The molecule has 0 N–H and O–H groups in total. The monoisotopic (exact) mass is 356 g/mol. The standard InChI is InChI=1S/C24H24N2O/c1-26-14-6-7-18(16-26)17-27-24-15-19-8-2-3-9-20(19)22(12-13-25)21-10-4-5-11-23(21)24/h2-5,8-12,15,18H,6-7,14,16-17H2,1H3/b22-12-. The minimum Gasteiger partial charge on any atom is -0.493 e. The van der Waals surface area contributed by atoms with E-state index in [9.17, 15) is 5.26 Å². The summed E-state index contributed by atoms with van der Waals surface area (Å²) in [4.78, 5) is 2.38. The molecule has 1 fully saturated rings. The lowest BCUT2D eigenvalue weighted by Gasteiger charge is -2.29. The molecular formula is C24H24N2O. The molecule has 1 aliphatic carbocycles. The minimum absolute atomic E-state index is 0.560. The van der Waals surface area contributed by atoms with Gasteiger partial charge in [-0.25, -0.2) is 0 Å². The van der Waals surface area contributed by atoms with Crippen LogP contribution in [0.15, 0.2) is 54.6 Å². The maximum absolute atomic E-state index is 9.35. The summed E-state index contributed by atoms with van der Waals surface area (Å²) in [6.45, 7) is 2.99. The van der Waals surface area contributed by atoms with Crippen molar-refractivity contribution in [3.8, 4) is 6.07 Å². The fraction of sp³-hybridized carbons (Fsp3) is 0.292. The number of fused-ring (bicyclic) bond motifs is 2. The van der Waals surface area contributed by atoms with E-state index in [1.165, 1.54) is 19.4 Å². The highest BCUT2D eigenvalue weighted by Crippen LogP contribution is 2.37. The first-order chi connectivity index (χ1) is 13.3. The lowest BCUT2D eigenvalue weighted by molar-refractivity contribution is 0.136. The van der Waals surface area contributed by atoms with Gasteiger partial charge >= 0.3 is 0 Å². The Bertz CT molecular complexity index is 935. The van der Waals surface area contributed by atoms with Crippen molar-refractivity contribution in [2.24, 2.45) is 5.92 Å². The summed E-state index contributed by atoms with van der Waals surface area (Å²) in [7, 11) is 2.18. The average Bonchev–Trinajstić information content (AvgIpc) is 2.82. The van der Waals surface area contributed by atoms with Gasteiger partial charge < -0.3 is 9.64 Å². The molecular weight excluding hydrogens is 332 g/mol. The van der Waals surface area contributed by atoms with E-state index < -0.39 is 0 Å². The molecule has 2 aromatic carbocycles. The molecule has 0 saturated carbocycles. The lowest BCUT2D eigenvalue weighted by atomic mass is 9.93. The van der Waals surface area contributed by atoms with Crippen molar-refractivity contribution in [2.75, 3.05) is 26.7 Å². The third kappa shape index (κ3) is 3.67. The summed E-state index contributed by atoms with van der Waals surface area (Å²) in [6.07, 6.45) is 6.22. The van der Waals surface area contributed by atoms with Crippen molar-refractivity contribution in [3.63, 3.8) is 0 Å². The van der Waals surface area contributed by atoms with Crippen LogP contribution >= 0.6 is 0 Å². The third-order valence-electron chi connectivity index (χ3n) is 5.43. The number of likely N-dealkylation sites (tertiary alicyclic amines) is 1. The van der Waals surface area contributed by atoms with Gasteiger partial charge in [0, 0.05) is 29.7 Å². The fourth-order valence-electron chi connectivity index (χ4n) is 4.12. The molecule has 0 bridgehead atoms. The van der Waals surface area contributed by atoms with E-state index >= 15 is 0 Å². The molecule has 1 saturated heterocycles. The Morgan fingerprint density at radius 3 is 2.63 bits per heavy atom. The molecule has 4 rings (SSSR count). The number of allylic oxidation sites excluding steroid dienone is 1. The SMILES string of the molecule is CN1CCCC(COC2=Cc3ccccc3/C(=C/C#N)c3ccccc32)C1. The molecule has 27 heavy (non-hydrogen) atoms. The molecule has 3 nitrogen and oxygen atoms in total.